The van der Waals surface area contributed by atoms with Crippen LogP contribution in [0.3, 0.4) is 0 Å². The molecule has 0 amide bonds. The van der Waals surface area contributed by atoms with Crippen LogP contribution in [0.4, 0.5) is 4.39 Å². The minimum atomic E-state index is -0.261. The van der Waals surface area contributed by atoms with Gasteiger partial charge in [0.1, 0.15) is 17.3 Å². The molecule has 4 heteroatoms. The fourth-order valence-corrected chi connectivity index (χ4v) is 2.19. The summed E-state index contributed by atoms with van der Waals surface area (Å²) in [5, 5.41) is 0. The Bertz CT molecular complexity index is 524. The van der Waals surface area contributed by atoms with Crippen LogP contribution >= 0.6 is 15.9 Å². The summed E-state index contributed by atoms with van der Waals surface area (Å²) < 4.78 is 19.1. The number of benzene rings is 1. The van der Waals surface area contributed by atoms with Crippen molar-refractivity contribution in [2.45, 2.75) is 19.4 Å². The van der Waals surface area contributed by atoms with Gasteiger partial charge in [-0.1, -0.05) is 22.0 Å². The van der Waals surface area contributed by atoms with Gasteiger partial charge in [-0.15, -0.1) is 0 Å². The van der Waals surface area contributed by atoms with Crippen molar-refractivity contribution < 1.29 is 8.81 Å². The Morgan fingerprint density at radius 3 is 2.71 bits per heavy atom. The molecular weight excluding hydrogens is 285 g/mol. The summed E-state index contributed by atoms with van der Waals surface area (Å²) in [4.78, 5) is 0. The quantitative estimate of drug-likeness (QED) is 0.937. The van der Waals surface area contributed by atoms with Crippen LogP contribution in [-0.2, 0) is 6.42 Å². The minimum Gasteiger partial charge on any atom is -0.465 e. The maximum atomic E-state index is 12.9. The van der Waals surface area contributed by atoms with E-state index in [-0.39, 0.29) is 11.9 Å². The second-order valence-corrected chi connectivity index (χ2v) is 4.85. The summed E-state index contributed by atoms with van der Waals surface area (Å²) in [5.41, 5.74) is 7.00. The van der Waals surface area contributed by atoms with Gasteiger partial charge in [0.05, 0.1) is 6.04 Å². The van der Waals surface area contributed by atoms with E-state index in [9.17, 15) is 4.39 Å². The molecule has 1 atom stereocenters. The summed E-state index contributed by atoms with van der Waals surface area (Å²) in [5.74, 6) is 1.33. The van der Waals surface area contributed by atoms with Crippen molar-refractivity contribution in [1.82, 2.24) is 0 Å². The van der Waals surface area contributed by atoms with Crippen LogP contribution in [0.15, 0.2) is 39.2 Å². The fourth-order valence-electron chi connectivity index (χ4n) is 1.68. The summed E-state index contributed by atoms with van der Waals surface area (Å²) >= 11 is 3.33. The van der Waals surface area contributed by atoms with E-state index in [1.165, 1.54) is 12.1 Å². The number of furan rings is 1. The first-order chi connectivity index (χ1) is 8.06. The number of aryl methyl sites for hydroxylation is 1. The molecule has 2 aromatic rings. The molecule has 2 rings (SSSR count). The van der Waals surface area contributed by atoms with Gasteiger partial charge in [0, 0.05) is 4.47 Å². The molecule has 0 bridgehead atoms. The highest BCUT2D eigenvalue weighted by Gasteiger charge is 2.12. The van der Waals surface area contributed by atoms with E-state index >= 15 is 0 Å². The predicted octanol–water partition coefficient (Wildman–Crippen LogP) is 3.73. The second-order valence-electron chi connectivity index (χ2n) is 3.99. The van der Waals surface area contributed by atoms with Gasteiger partial charge in [-0.05, 0) is 43.2 Å². The van der Waals surface area contributed by atoms with Gasteiger partial charge in [0.2, 0.25) is 0 Å². The molecule has 0 fully saturated rings. The average Bonchev–Trinajstić information content (AvgIpc) is 2.69. The predicted molar refractivity (Wildman–Crippen MR) is 68.2 cm³/mol. The summed E-state index contributed by atoms with van der Waals surface area (Å²) in [6, 6.07) is 8.14. The monoisotopic (exact) mass is 297 g/mol. The molecule has 2 N–H and O–H groups in total. The Hall–Kier alpha value is -1.13. The Labute approximate surface area is 108 Å². The lowest BCUT2D eigenvalue weighted by Gasteiger charge is -2.10. The molecule has 1 aromatic heterocycles. The normalized spacial score (nSPS) is 12.7. The topological polar surface area (TPSA) is 39.2 Å². The molecule has 2 nitrogen and oxygen atoms in total. The zero-order valence-corrected chi connectivity index (χ0v) is 11.0. The van der Waals surface area contributed by atoms with Crippen molar-refractivity contribution in [3.63, 3.8) is 0 Å². The van der Waals surface area contributed by atoms with Gasteiger partial charge in [0.15, 0.2) is 0 Å². The van der Waals surface area contributed by atoms with Crippen LogP contribution in [0, 0.1) is 12.7 Å². The zero-order chi connectivity index (χ0) is 12.4. The smallest absolute Gasteiger partial charge is 0.124 e. The van der Waals surface area contributed by atoms with E-state index in [1.54, 1.807) is 6.07 Å². The maximum absolute atomic E-state index is 12.9. The van der Waals surface area contributed by atoms with Crippen molar-refractivity contribution in [3.05, 3.63) is 57.7 Å². The van der Waals surface area contributed by atoms with Crippen LogP contribution in [0.1, 0.15) is 23.1 Å². The highest BCUT2D eigenvalue weighted by molar-refractivity contribution is 9.10. The van der Waals surface area contributed by atoms with E-state index in [1.807, 2.05) is 19.1 Å². The van der Waals surface area contributed by atoms with Gasteiger partial charge in [-0.25, -0.2) is 4.39 Å². The summed E-state index contributed by atoms with van der Waals surface area (Å²) in [6.45, 7) is 1.88. The van der Waals surface area contributed by atoms with E-state index < -0.39 is 0 Å². The first-order valence-electron chi connectivity index (χ1n) is 5.32. The highest BCUT2D eigenvalue weighted by Crippen LogP contribution is 2.24. The molecule has 0 aliphatic rings. The van der Waals surface area contributed by atoms with Crippen LogP contribution in [0.2, 0.25) is 0 Å². The van der Waals surface area contributed by atoms with Crippen molar-refractivity contribution >= 4 is 15.9 Å². The molecule has 0 aliphatic heterocycles. The van der Waals surface area contributed by atoms with Gasteiger partial charge >= 0.3 is 0 Å². The van der Waals surface area contributed by atoms with E-state index in [4.69, 9.17) is 10.2 Å². The minimum absolute atomic E-state index is 0.217. The van der Waals surface area contributed by atoms with E-state index in [0.29, 0.717) is 6.42 Å². The molecule has 0 aliphatic carbocycles. The number of rotatable bonds is 3. The van der Waals surface area contributed by atoms with Crippen molar-refractivity contribution in [2.75, 3.05) is 0 Å². The van der Waals surface area contributed by atoms with Gasteiger partial charge in [-0.2, -0.15) is 0 Å². The lowest BCUT2D eigenvalue weighted by Crippen LogP contribution is -2.12. The Balaban J connectivity index is 2.15. The Kier molecular flexibility index (Phi) is 3.64. The van der Waals surface area contributed by atoms with Crippen molar-refractivity contribution in [1.29, 1.82) is 0 Å². The zero-order valence-electron chi connectivity index (χ0n) is 9.41. The number of nitrogens with two attached hydrogens (primary N) is 1. The van der Waals surface area contributed by atoms with Crippen LogP contribution < -0.4 is 5.73 Å². The fraction of sp³-hybridized carbons (Fsp3) is 0.231. The lowest BCUT2D eigenvalue weighted by atomic mass is 10.0. The SMILES string of the molecule is Cc1ccc(C(N)Cc2ccc(F)cc2Br)o1. The Morgan fingerprint density at radius 2 is 2.12 bits per heavy atom. The first-order valence-corrected chi connectivity index (χ1v) is 6.11. The molecule has 0 saturated heterocycles. The van der Waals surface area contributed by atoms with Crippen LogP contribution in [0.5, 0.6) is 0 Å². The second kappa shape index (κ2) is 5.02. The number of hydrogen-bond acceptors (Lipinski definition) is 2. The molecule has 17 heavy (non-hydrogen) atoms. The molecule has 1 aromatic carbocycles. The van der Waals surface area contributed by atoms with Gasteiger partial charge in [-0.3, -0.25) is 0 Å². The standard InChI is InChI=1S/C13H13BrFNO/c1-8-2-5-13(17-8)12(16)6-9-3-4-10(15)7-11(9)14/h2-5,7,12H,6,16H2,1H3. The van der Waals surface area contributed by atoms with Crippen LogP contribution in [-0.4, -0.2) is 0 Å². The molecule has 0 saturated carbocycles. The molecular formula is C13H13BrFNO. The highest BCUT2D eigenvalue weighted by atomic mass is 79.9. The van der Waals surface area contributed by atoms with Gasteiger partial charge < -0.3 is 10.2 Å². The largest absolute Gasteiger partial charge is 0.465 e. The average molecular weight is 298 g/mol. The summed E-state index contributed by atoms with van der Waals surface area (Å²) in [7, 11) is 0. The van der Waals surface area contributed by atoms with Crippen LogP contribution in [0.25, 0.3) is 0 Å². The number of hydrogen-bond donors (Lipinski definition) is 1. The third kappa shape index (κ3) is 2.96. The maximum Gasteiger partial charge on any atom is 0.124 e. The van der Waals surface area contributed by atoms with Crippen molar-refractivity contribution in [2.24, 2.45) is 5.73 Å². The van der Waals surface area contributed by atoms with E-state index in [2.05, 4.69) is 15.9 Å². The molecule has 1 unspecified atom stereocenters. The lowest BCUT2D eigenvalue weighted by molar-refractivity contribution is 0.444. The molecule has 90 valence electrons. The molecule has 1 heterocycles. The molecule has 0 radical (unpaired) electrons. The third-order valence-electron chi connectivity index (χ3n) is 2.58. The van der Waals surface area contributed by atoms with Gasteiger partial charge in [0.25, 0.3) is 0 Å². The first kappa shape index (κ1) is 12.3. The number of halogens is 2. The van der Waals surface area contributed by atoms with Crippen molar-refractivity contribution in [3.8, 4) is 0 Å². The molecule has 0 spiro atoms. The summed E-state index contributed by atoms with van der Waals surface area (Å²) in [6.07, 6.45) is 0.605. The van der Waals surface area contributed by atoms with E-state index in [0.717, 1.165) is 21.6 Å². The Morgan fingerprint density at radius 1 is 1.35 bits per heavy atom. The third-order valence-corrected chi connectivity index (χ3v) is 3.32.